The van der Waals surface area contributed by atoms with Crippen molar-refractivity contribution in [2.24, 2.45) is 5.41 Å². The molecule has 2 aliphatic rings. The number of nitrogens with one attached hydrogen (secondary N) is 2. The minimum Gasteiger partial charge on any atom is -0.353 e. The molecular weight excluding hydrogens is 244 g/mol. The lowest BCUT2D eigenvalue weighted by Crippen LogP contribution is -2.51. The van der Waals surface area contributed by atoms with Gasteiger partial charge in [0.2, 0.25) is 5.91 Å². The maximum atomic E-state index is 12.4. The molecule has 2 N–H and O–H groups in total. The molecule has 2 atom stereocenters. The van der Waals surface area contributed by atoms with Gasteiger partial charge < -0.3 is 20.1 Å². The van der Waals surface area contributed by atoms with Crippen LogP contribution in [0.25, 0.3) is 0 Å². The van der Waals surface area contributed by atoms with E-state index in [0.29, 0.717) is 13.2 Å². The lowest BCUT2D eigenvalue weighted by Gasteiger charge is -2.35. The minimum atomic E-state index is -0.524. The Balaban J connectivity index is 1.83. The molecule has 0 aliphatic carbocycles. The lowest BCUT2D eigenvalue weighted by atomic mass is 9.77. The summed E-state index contributed by atoms with van der Waals surface area (Å²) in [6, 6.07) is 0. The summed E-state index contributed by atoms with van der Waals surface area (Å²) in [6.45, 7) is 8.76. The maximum absolute atomic E-state index is 12.4. The van der Waals surface area contributed by atoms with Gasteiger partial charge in [0.25, 0.3) is 0 Å². The fraction of sp³-hybridized carbons (Fsp3) is 0.929. The van der Waals surface area contributed by atoms with Crippen molar-refractivity contribution in [2.75, 3.05) is 26.2 Å². The Kier molecular flexibility index (Phi) is 4.48. The Bertz CT molecular complexity index is 325. The number of ether oxygens (including phenoxy) is 2. The maximum Gasteiger partial charge on any atom is 0.227 e. The van der Waals surface area contributed by atoms with Gasteiger partial charge in [-0.15, -0.1) is 0 Å². The second-order valence-corrected chi connectivity index (χ2v) is 6.07. The van der Waals surface area contributed by atoms with Gasteiger partial charge in [0.15, 0.2) is 5.79 Å². The van der Waals surface area contributed by atoms with E-state index in [-0.39, 0.29) is 17.4 Å². The standard InChI is InChI=1S/C14H26N2O3/c1-4-14(6-5-7-15-10-14)12(17)16-8-11-9-18-13(2,3)19-11/h11,15H,4-10H2,1-3H3,(H,16,17). The highest BCUT2D eigenvalue weighted by molar-refractivity contribution is 5.83. The topological polar surface area (TPSA) is 59.6 Å². The van der Waals surface area contributed by atoms with Crippen molar-refractivity contribution in [1.82, 2.24) is 10.6 Å². The zero-order valence-electron chi connectivity index (χ0n) is 12.3. The summed E-state index contributed by atoms with van der Waals surface area (Å²) in [5, 5.41) is 6.37. The largest absolute Gasteiger partial charge is 0.353 e. The van der Waals surface area contributed by atoms with E-state index in [1.54, 1.807) is 0 Å². The molecule has 5 heteroatoms. The SMILES string of the molecule is CCC1(C(=O)NCC2COC(C)(C)O2)CCCNC1. The molecule has 2 saturated heterocycles. The minimum absolute atomic E-state index is 0.0376. The van der Waals surface area contributed by atoms with Crippen molar-refractivity contribution in [3.05, 3.63) is 0 Å². The van der Waals surface area contributed by atoms with E-state index in [4.69, 9.17) is 9.47 Å². The molecule has 2 heterocycles. The van der Waals surface area contributed by atoms with Gasteiger partial charge in [0.05, 0.1) is 12.0 Å². The van der Waals surface area contributed by atoms with E-state index in [9.17, 15) is 4.79 Å². The van der Waals surface area contributed by atoms with Crippen molar-refractivity contribution >= 4 is 5.91 Å². The third kappa shape index (κ3) is 3.46. The molecule has 2 rings (SSSR count). The van der Waals surface area contributed by atoms with Crippen LogP contribution in [0.3, 0.4) is 0 Å². The van der Waals surface area contributed by atoms with Crippen LogP contribution in [-0.4, -0.2) is 44.0 Å². The van der Waals surface area contributed by atoms with E-state index in [1.165, 1.54) is 0 Å². The van der Waals surface area contributed by atoms with Gasteiger partial charge in [-0.2, -0.15) is 0 Å². The van der Waals surface area contributed by atoms with Crippen molar-refractivity contribution in [2.45, 2.75) is 51.9 Å². The lowest BCUT2D eigenvalue weighted by molar-refractivity contribution is -0.141. The summed E-state index contributed by atoms with van der Waals surface area (Å²) in [4.78, 5) is 12.4. The van der Waals surface area contributed by atoms with Crippen LogP contribution in [0.4, 0.5) is 0 Å². The molecule has 0 saturated carbocycles. The van der Waals surface area contributed by atoms with E-state index < -0.39 is 5.79 Å². The second-order valence-electron chi connectivity index (χ2n) is 6.07. The van der Waals surface area contributed by atoms with Crippen LogP contribution in [0.2, 0.25) is 0 Å². The molecule has 0 aromatic rings. The fourth-order valence-corrected chi connectivity index (χ4v) is 2.88. The number of amides is 1. The van der Waals surface area contributed by atoms with Gasteiger partial charge >= 0.3 is 0 Å². The Morgan fingerprint density at radius 3 is 2.79 bits per heavy atom. The Morgan fingerprint density at radius 1 is 1.47 bits per heavy atom. The number of carbonyl (C=O) groups excluding carboxylic acids is 1. The number of rotatable bonds is 4. The molecule has 19 heavy (non-hydrogen) atoms. The van der Waals surface area contributed by atoms with Crippen LogP contribution in [0.15, 0.2) is 0 Å². The van der Waals surface area contributed by atoms with Crippen molar-refractivity contribution in [3.8, 4) is 0 Å². The molecule has 0 spiro atoms. The molecule has 1 amide bonds. The first-order chi connectivity index (χ1) is 8.97. The Hall–Kier alpha value is -0.650. The van der Waals surface area contributed by atoms with Gasteiger partial charge in [0.1, 0.15) is 6.10 Å². The summed E-state index contributed by atoms with van der Waals surface area (Å²) in [5.74, 6) is -0.375. The van der Waals surface area contributed by atoms with Gasteiger partial charge in [0, 0.05) is 13.1 Å². The van der Waals surface area contributed by atoms with Crippen LogP contribution < -0.4 is 10.6 Å². The van der Waals surface area contributed by atoms with Crippen molar-refractivity contribution in [1.29, 1.82) is 0 Å². The first-order valence-electron chi connectivity index (χ1n) is 7.28. The van der Waals surface area contributed by atoms with Crippen LogP contribution in [-0.2, 0) is 14.3 Å². The van der Waals surface area contributed by atoms with Crippen LogP contribution in [0.5, 0.6) is 0 Å². The molecule has 5 nitrogen and oxygen atoms in total. The molecule has 0 aromatic carbocycles. The van der Waals surface area contributed by atoms with Gasteiger partial charge in [-0.1, -0.05) is 6.92 Å². The van der Waals surface area contributed by atoms with E-state index in [0.717, 1.165) is 32.4 Å². The third-order valence-corrected chi connectivity index (χ3v) is 4.19. The average Bonchev–Trinajstić information content (AvgIpc) is 2.76. The predicted molar refractivity (Wildman–Crippen MR) is 72.7 cm³/mol. The van der Waals surface area contributed by atoms with Crippen LogP contribution >= 0.6 is 0 Å². The highest BCUT2D eigenvalue weighted by atomic mass is 16.7. The van der Waals surface area contributed by atoms with E-state index in [2.05, 4.69) is 17.6 Å². The first kappa shape index (κ1) is 14.8. The zero-order chi connectivity index (χ0) is 13.9. The summed E-state index contributed by atoms with van der Waals surface area (Å²) >= 11 is 0. The third-order valence-electron chi connectivity index (χ3n) is 4.19. The van der Waals surface area contributed by atoms with Gasteiger partial charge in [-0.25, -0.2) is 0 Å². The summed E-state index contributed by atoms with van der Waals surface area (Å²) in [6.07, 6.45) is 2.87. The Labute approximate surface area is 115 Å². The average molecular weight is 270 g/mol. The van der Waals surface area contributed by atoms with Gasteiger partial charge in [-0.05, 0) is 39.7 Å². The highest BCUT2D eigenvalue weighted by Crippen LogP contribution is 2.30. The van der Waals surface area contributed by atoms with E-state index >= 15 is 0 Å². The van der Waals surface area contributed by atoms with E-state index in [1.807, 2.05) is 13.8 Å². The molecule has 0 aromatic heterocycles. The van der Waals surface area contributed by atoms with Crippen LogP contribution in [0, 0.1) is 5.41 Å². The molecule has 110 valence electrons. The zero-order valence-corrected chi connectivity index (χ0v) is 12.3. The van der Waals surface area contributed by atoms with Crippen molar-refractivity contribution in [3.63, 3.8) is 0 Å². The van der Waals surface area contributed by atoms with Gasteiger partial charge in [-0.3, -0.25) is 4.79 Å². The first-order valence-corrected chi connectivity index (χ1v) is 7.28. The van der Waals surface area contributed by atoms with Crippen molar-refractivity contribution < 1.29 is 14.3 Å². The Morgan fingerprint density at radius 2 is 2.26 bits per heavy atom. The summed E-state index contributed by atoms with van der Waals surface area (Å²) < 4.78 is 11.2. The number of piperidine rings is 1. The normalized spacial score (nSPS) is 34.2. The molecule has 2 fully saturated rings. The molecule has 2 aliphatic heterocycles. The summed E-state index contributed by atoms with van der Waals surface area (Å²) in [7, 11) is 0. The second kappa shape index (κ2) is 5.77. The van der Waals surface area contributed by atoms with Crippen LogP contribution in [0.1, 0.15) is 40.0 Å². The highest BCUT2D eigenvalue weighted by Gasteiger charge is 2.39. The fourth-order valence-electron chi connectivity index (χ4n) is 2.88. The monoisotopic (exact) mass is 270 g/mol. The number of hydrogen-bond donors (Lipinski definition) is 2. The molecular formula is C14H26N2O3. The molecule has 0 radical (unpaired) electrons. The molecule has 2 unspecified atom stereocenters. The molecule has 0 bridgehead atoms. The number of hydrogen-bond acceptors (Lipinski definition) is 4. The predicted octanol–water partition coefficient (Wildman–Crippen LogP) is 1.03. The number of carbonyl (C=O) groups is 1. The quantitative estimate of drug-likeness (QED) is 0.801. The smallest absolute Gasteiger partial charge is 0.227 e. The summed E-state index contributed by atoms with van der Waals surface area (Å²) in [5.41, 5.74) is -0.243.